The molecular formula is C16H24N2O2S4. The zero-order valence-corrected chi connectivity index (χ0v) is 17.4. The van der Waals surface area contributed by atoms with Crippen LogP contribution in [0.1, 0.15) is 33.1 Å². The van der Waals surface area contributed by atoms with E-state index < -0.39 is 0 Å². The van der Waals surface area contributed by atoms with Crippen LogP contribution in [0.25, 0.3) is 0 Å². The summed E-state index contributed by atoms with van der Waals surface area (Å²) in [5.74, 6) is 2.03. The highest BCUT2D eigenvalue weighted by Crippen LogP contribution is 2.41. The molecule has 0 bridgehead atoms. The second-order valence-corrected chi connectivity index (χ2v) is 9.94. The molecule has 0 saturated carbocycles. The van der Waals surface area contributed by atoms with Crippen LogP contribution in [0.3, 0.4) is 0 Å². The maximum absolute atomic E-state index is 12.3. The Morgan fingerprint density at radius 3 is 2.62 bits per heavy atom. The van der Waals surface area contributed by atoms with Gasteiger partial charge in [-0.15, -0.1) is 0 Å². The molecule has 0 radical (unpaired) electrons. The van der Waals surface area contributed by atoms with E-state index in [2.05, 4.69) is 39.1 Å². The number of amides is 2. The highest BCUT2D eigenvalue weighted by molar-refractivity contribution is 8.76. The van der Waals surface area contributed by atoms with Crippen molar-refractivity contribution in [3.05, 3.63) is 24.0 Å². The van der Waals surface area contributed by atoms with Crippen LogP contribution in [-0.4, -0.2) is 49.6 Å². The van der Waals surface area contributed by atoms with E-state index in [-0.39, 0.29) is 22.3 Å². The second-order valence-electron chi connectivity index (χ2n) is 5.53. The molecule has 0 spiro atoms. The molecule has 2 saturated heterocycles. The highest BCUT2D eigenvalue weighted by atomic mass is 33.1. The van der Waals surface area contributed by atoms with Gasteiger partial charge in [0.25, 0.3) is 0 Å². The molecule has 2 heterocycles. The maximum Gasteiger partial charge on any atom is 0.238 e. The van der Waals surface area contributed by atoms with Crippen molar-refractivity contribution in [1.29, 1.82) is 0 Å². The molecular weight excluding hydrogens is 380 g/mol. The van der Waals surface area contributed by atoms with Gasteiger partial charge in [0.05, 0.1) is 10.5 Å². The Labute approximate surface area is 162 Å². The van der Waals surface area contributed by atoms with E-state index in [1.807, 2.05) is 16.1 Å². The van der Waals surface area contributed by atoms with Gasteiger partial charge in [0.1, 0.15) is 0 Å². The first-order chi connectivity index (χ1) is 11.5. The SMILES string of the molecule is C=C1C(S)CC(=O)N1CCSSN1C(=O)CC(SCC)/C1=C\CC. The summed E-state index contributed by atoms with van der Waals surface area (Å²) in [7, 11) is 3.10. The highest BCUT2D eigenvalue weighted by Gasteiger charge is 2.36. The Morgan fingerprint density at radius 2 is 2.04 bits per heavy atom. The Morgan fingerprint density at radius 1 is 1.29 bits per heavy atom. The molecule has 8 heteroatoms. The van der Waals surface area contributed by atoms with Gasteiger partial charge in [0, 0.05) is 47.5 Å². The third kappa shape index (κ3) is 4.71. The van der Waals surface area contributed by atoms with E-state index in [9.17, 15) is 9.59 Å². The normalized spacial score (nSPS) is 26.3. The third-order valence-corrected chi connectivity index (χ3v) is 7.76. The van der Waals surface area contributed by atoms with Gasteiger partial charge in [-0.25, -0.2) is 4.31 Å². The molecule has 0 aliphatic carbocycles. The maximum atomic E-state index is 12.3. The zero-order chi connectivity index (χ0) is 17.7. The minimum absolute atomic E-state index is 0.0544. The Balaban J connectivity index is 1.84. The van der Waals surface area contributed by atoms with Gasteiger partial charge in [-0.2, -0.15) is 24.4 Å². The molecule has 0 N–H and O–H groups in total. The molecule has 4 nitrogen and oxygen atoms in total. The predicted molar refractivity (Wildman–Crippen MR) is 110 cm³/mol. The fourth-order valence-corrected chi connectivity index (χ4v) is 6.25. The van der Waals surface area contributed by atoms with Crippen LogP contribution in [0.4, 0.5) is 0 Å². The van der Waals surface area contributed by atoms with E-state index in [4.69, 9.17) is 0 Å². The van der Waals surface area contributed by atoms with Crippen molar-refractivity contribution in [2.75, 3.05) is 18.1 Å². The second kappa shape index (κ2) is 9.50. The number of thiol groups is 1. The smallest absolute Gasteiger partial charge is 0.238 e. The minimum Gasteiger partial charge on any atom is -0.315 e. The van der Waals surface area contributed by atoms with Crippen molar-refractivity contribution in [2.24, 2.45) is 0 Å². The zero-order valence-electron chi connectivity index (χ0n) is 14.1. The van der Waals surface area contributed by atoms with Crippen LogP contribution in [0.5, 0.6) is 0 Å². The quantitative estimate of drug-likeness (QED) is 0.287. The number of carbonyl (C=O) groups is 2. The molecule has 2 aliphatic heterocycles. The molecule has 2 fully saturated rings. The summed E-state index contributed by atoms with van der Waals surface area (Å²) in [4.78, 5) is 25.9. The Hall–Kier alpha value is -0.180. The lowest BCUT2D eigenvalue weighted by Crippen LogP contribution is -2.25. The number of nitrogens with zero attached hydrogens (tertiary/aromatic N) is 2. The number of hydrogen-bond donors (Lipinski definition) is 1. The van der Waals surface area contributed by atoms with Crippen LogP contribution in [0, 0.1) is 0 Å². The largest absolute Gasteiger partial charge is 0.315 e. The average Bonchev–Trinajstić information content (AvgIpc) is 2.95. The first-order valence-electron chi connectivity index (χ1n) is 8.11. The lowest BCUT2D eigenvalue weighted by molar-refractivity contribution is -0.126. The van der Waals surface area contributed by atoms with E-state index in [0.29, 0.717) is 19.4 Å². The van der Waals surface area contributed by atoms with Gasteiger partial charge in [0.2, 0.25) is 11.8 Å². The summed E-state index contributed by atoms with van der Waals surface area (Å²) >= 11 is 6.19. The summed E-state index contributed by atoms with van der Waals surface area (Å²) < 4.78 is 1.84. The van der Waals surface area contributed by atoms with Gasteiger partial charge < -0.3 is 4.90 Å². The number of carbonyl (C=O) groups excluding carboxylic acids is 2. The van der Waals surface area contributed by atoms with Crippen molar-refractivity contribution < 1.29 is 9.59 Å². The fraction of sp³-hybridized carbons (Fsp3) is 0.625. The first kappa shape index (κ1) is 20.1. The van der Waals surface area contributed by atoms with Crippen LogP contribution >= 0.6 is 46.2 Å². The number of rotatable bonds is 8. The number of likely N-dealkylation sites (tertiary alicyclic amines) is 1. The lowest BCUT2D eigenvalue weighted by atomic mass is 10.2. The van der Waals surface area contributed by atoms with Gasteiger partial charge in [-0.1, -0.05) is 37.3 Å². The van der Waals surface area contributed by atoms with Crippen molar-refractivity contribution in [1.82, 2.24) is 9.21 Å². The van der Waals surface area contributed by atoms with Gasteiger partial charge >= 0.3 is 0 Å². The average molecular weight is 405 g/mol. The van der Waals surface area contributed by atoms with Gasteiger partial charge in [-0.05, 0) is 12.2 Å². The molecule has 24 heavy (non-hydrogen) atoms. The standard InChI is InChI=1S/C16H24N2O2S4/c1-4-6-12-14(22-5-2)10-16(20)18(12)24-23-8-7-17-11(3)13(21)9-15(17)19/h6,13-14,21H,3-5,7-10H2,1-2H3/b12-6+. The molecule has 134 valence electrons. The summed E-state index contributed by atoms with van der Waals surface area (Å²) in [5.41, 5.74) is 1.92. The van der Waals surface area contributed by atoms with E-state index in [1.165, 1.54) is 11.0 Å². The lowest BCUT2D eigenvalue weighted by Gasteiger charge is -2.20. The summed E-state index contributed by atoms with van der Waals surface area (Å²) in [6.07, 6.45) is 4.10. The van der Waals surface area contributed by atoms with Gasteiger partial charge in [0.15, 0.2) is 0 Å². The molecule has 2 amide bonds. The van der Waals surface area contributed by atoms with Crippen LogP contribution in [0.15, 0.2) is 24.0 Å². The molecule has 2 aliphatic rings. The van der Waals surface area contributed by atoms with Crippen molar-refractivity contribution in [3.8, 4) is 0 Å². The third-order valence-electron chi connectivity index (χ3n) is 3.86. The number of allylic oxidation sites excluding steroid dienone is 1. The predicted octanol–water partition coefficient (Wildman–Crippen LogP) is 3.98. The van der Waals surface area contributed by atoms with E-state index in [1.54, 1.807) is 15.7 Å². The molecule has 2 atom stereocenters. The summed E-state index contributed by atoms with van der Waals surface area (Å²) in [6, 6.07) is 0. The topological polar surface area (TPSA) is 40.6 Å². The van der Waals surface area contributed by atoms with Crippen LogP contribution in [-0.2, 0) is 9.59 Å². The van der Waals surface area contributed by atoms with E-state index in [0.717, 1.165) is 29.3 Å². The number of thioether (sulfide) groups is 1. The van der Waals surface area contributed by atoms with Crippen molar-refractivity contribution >= 4 is 58.0 Å². The summed E-state index contributed by atoms with van der Waals surface area (Å²) in [5, 5.41) is 0.224. The Kier molecular flexibility index (Phi) is 7.97. The number of hydrogen-bond acceptors (Lipinski definition) is 6. The first-order valence-corrected chi connectivity index (χ1v) is 11.9. The monoisotopic (exact) mass is 404 g/mol. The molecule has 0 aromatic carbocycles. The molecule has 2 unspecified atom stereocenters. The molecule has 2 rings (SSSR count). The van der Waals surface area contributed by atoms with Crippen LogP contribution < -0.4 is 0 Å². The minimum atomic E-state index is -0.0544. The van der Waals surface area contributed by atoms with Crippen molar-refractivity contribution in [2.45, 2.75) is 43.6 Å². The van der Waals surface area contributed by atoms with Crippen LogP contribution in [0.2, 0.25) is 0 Å². The van der Waals surface area contributed by atoms with E-state index >= 15 is 0 Å². The molecule has 0 aromatic heterocycles. The van der Waals surface area contributed by atoms with Crippen molar-refractivity contribution in [3.63, 3.8) is 0 Å². The summed E-state index contributed by atoms with van der Waals surface area (Å²) in [6.45, 7) is 8.78. The fourth-order valence-electron chi connectivity index (χ4n) is 2.69. The Bertz CT molecular complexity index is 538. The molecule has 0 aromatic rings. The van der Waals surface area contributed by atoms with Gasteiger partial charge in [-0.3, -0.25) is 9.59 Å².